The smallest absolute Gasteiger partial charge is 0.315 e. The van der Waals surface area contributed by atoms with Gasteiger partial charge in [0.1, 0.15) is 0 Å². The van der Waals surface area contributed by atoms with Gasteiger partial charge in [0.2, 0.25) is 0 Å². The van der Waals surface area contributed by atoms with E-state index in [4.69, 9.17) is 9.84 Å². The van der Waals surface area contributed by atoms with Crippen LogP contribution in [0.15, 0.2) is 0 Å². The maximum Gasteiger partial charge on any atom is 0.315 e. The van der Waals surface area contributed by atoms with Gasteiger partial charge in [-0.25, -0.2) is 4.79 Å². The van der Waals surface area contributed by atoms with Crippen molar-refractivity contribution in [2.75, 3.05) is 13.2 Å². The maximum atomic E-state index is 11.8. The van der Waals surface area contributed by atoms with Crippen molar-refractivity contribution < 1.29 is 19.4 Å². The van der Waals surface area contributed by atoms with Crippen LogP contribution in [0.2, 0.25) is 0 Å². The van der Waals surface area contributed by atoms with Crippen molar-refractivity contribution in [3.05, 3.63) is 0 Å². The van der Waals surface area contributed by atoms with Crippen molar-refractivity contribution >= 4 is 12.0 Å². The van der Waals surface area contributed by atoms with Gasteiger partial charge < -0.3 is 20.5 Å². The van der Waals surface area contributed by atoms with E-state index in [1.54, 1.807) is 0 Å². The summed E-state index contributed by atoms with van der Waals surface area (Å²) in [4.78, 5) is 22.4. The highest BCUT2D eigenvalue weighted by Gasteiger charge is 2.22. The minimum atomic E-state index is -0.898. The average molecular weight is 272 g/mol. The van der Waals surface area contributed by atoms with Crippen molar-refractivity contribution in [1.82, 2.24) is 10.6 Å². The van der Waals surface area contributed by atoms with Gasteiger partial charge >= 0.3 is 12.0 Å². The second-order valence-electron chi connectivity index (χ2n) is 5.06. The second-order valence-corrected chi connectivity index (χ2v) is 5.06. The zero-order valence-electron chi connectivity index (χ0n) is 11.6. The summed E-state index contributed by atoms with van der Waals surface area (Å²) in [6.07, 6.45) is 2.46. The number of urea groups is 1. The van der Waals surface area contributed by atoms with Crippen LogP contribution in [0, 0.1) is 5.92 Å². The highest BCUT2D eigenvalue weighted by atomic mass is 16.5. The summed E-state index contributed by atoms with van der Waals surface area (Å²) in [5, 5.41) is 14.3. The van der Waals surface area contributed by atoms with Crippen LogP contribution in [0.3, 0.4) is 0 Å². The Morgan fingerprint density at radius 1 is 1.32 bits per heavy atom. The lowest BCUT2D eigenvalue weighted by Gasteiger charge is -2.29. The molecule has 0 spiro atoms. The topological polar surface area (TPSA) is 87.7 Å². The lowest BCUT2D eigenvalue weighted by atomic mass is 9.93. The van der Waals surface area contributed by atoms with Crippen LogP contribution < -0.4 is 10.6 Å². The molecule has 2 unspecified atom stereocenters. The van der Waals surface area contributed by atoms with E-state index >= 15 is 0 Å². The average Bonchev–Trinajstić information content (AvgIpc) is 2.38. The van der Waals surface area contributed by atoms with Gasteiger partial charge in [-0.05, 0) is 32.1 Å². The van der Waals surface area contributed by atoms with Gasteiger partial charge in [0.15, 0.2) is 0 Å². The number of nitrogens with one attached hydrogen (secondary N) is 2. The van der Waals surface area contributed by atoms with Crippen molar-refractivity contribution in [3.63, 3.8) is 0 Å². The minimum absolute atomic E-state index is 0.0461. The van der Waals surface area contributed by atoms with Gasteiger partial charge in [-0.1, -0.05) is 6.92 Å². The quantitative estimate of drug-likeness (QED) is 0.681. The van der Waals surface area contributed by atoms with Crippen LogP contribution >= 0.6 is 0 Å². The Bertz CT molecular complexity index is 303. The minimum Gasteiger partial charge on any atom is -0.481 e. The number of carboxylic acid groups (broad SMARTS) is 1. The SMILES string of the molecule is CCC(CC(=O)O)NC(=O)NC(C)C1CCOCC1. The standard InChI is InChI=1S/C13H24N2O4/c1-3-11(8-12(16)17)15-13(18)14-9(2)10-4-6-19-7-5-10/h9-11H,3-8H2,1-2H3,(H,16,17)(H2,14,15,18). The molecule has 0 radical (unpaired) electrons. The van der Waals surface area contributed by atoms with Crippen LogP contribution in [0.25, 0.3) is 0 Å². The summed E-state index contributed by atoms with van der Waals surface area (Å²) in [5.74, 6) is -0.469. The summed E-state index contributed by atoms with van der Waals surface area (Å²) in [6, 6.07) is -0.530. The molecule has 1 fully saturated rings. The number of aliphatic carboxylic acids is 1. The Kier molecular flexibility index (Phi) is 6.62. The molecule has 2 atom stereocenters. The van der Waals surface area contributed by atoms with Gasteiger partial charge in [-0.15, -0.1) is 0 Å². The molecule has 0 aromatic rings. The van der Waals surface area contributed by atoms with E-state index in [9.17, 15) is 9.59 Å². The Hall–Kier alpha value is -1.30. The van der Waals surface area contributed by atoms with Crippen LogP contribution in [-0.4, -0.2) is 42.4 Å². The van der Waals surface area contributed by atoms with Crippen molar-refractivity contribution in [3.8, 4) is 0 Å². The van der Waals surface area contributed by atoms with E-state index in [1.165, 1.54) is 0 Å². The van der Waals surface area contributed by atoms with Crippen LogP contribution in [-0.2, 0) is 9.53 Å². The first kappa shape index (κ1) is 15.8. The van der Waals surface area contributed by atoms with Crippen molar-refractivity contribution in [2.45, 2.75) is 51.6 Å². The lowest BCUT2D eigenvalue weighted by molar-refractivity contribution is -0.137. The van der Waals surface area contributed by atoms with E-state index in [0.29, 0.717) is 12.3 Å². The highest BCUT2D eigenvalue weighted by Crippen LogP contribution is 2.18. The van der Waals surface area contributed by atoms with Crippen LogP contribution in [0.1, 0.15) is 39.5 Å². The molecule has 2 amide bonds. The summed E-state index contributed by atoms with van der Waals surface area (Å²) in [5.41, 5.74) is 0. The highest BCUT2D eigenvalue weighted by molar-refractivity contribution is 5.76. The molecule has 6 nitrogen and oxygen atoms in total. The summed E-state index contributed by atoms with van der Waals surface area (Å²) < 4.78 is 5.29. The molecular formula is C13H24N2O4. The third-order valence-electron chi connectivity index (χ3n) is 3.58. The molecule has 6 heteroatoms. The first-order chi connectivity index (χ1) is 9.02. The van der Waals surface area contributed by atoms with E-state index in [0.717, 1.165) is 26.1 Å². The molecule has 0 saturated carbocycles. The van der Waals surface area contributed by atoms with Gasteiger partial charge in [0.05, 0.1) is 6.42 Å². The van der Waals surface area contributed by atoms with E-state index < -0.39 is 5.97 Å². The van der Waals surface area contributed by atoms with E-state index in [-0.39, 0.29) is 24.5 Å². The zero-order valence-corrected chi connectivity index (χ0v) is 11.6. The molecular weight excluding hydrogens is 248 g/mol. The second kappa shape index (κ2) is 7.99. The molecule has 0 aromatic heterocycles. The summed E-state index contributed by atoms with van der Waals surface area (Å²) in [7, 11) is 0. The number of hydrogen-bond acceptors (Lipinski definition) is 3. The fourth-order valence-corrected chi connectivity index (χ4v) is 2.28. The first-order valence-corrected chi connectivity index (χ1v) is 6.89. The third kappa shape index (κ3) is 5.92. The molecule has 0 aromatic carbocycles. The molecule has 110 valence electrons. The van der Waals surface area contributed by atoms with E-state index in [1.807, 2.05) is 13.8 Å². The fourth-order valence-electron chi connectivity index (χ4n) is 2.28. The van der Waals surface area contributed by atoms with Gasteiger partial charge in [0.25, 0.3) is 0 Å². The largest absolute Gasteiger partial charge is 0.481 e. The third-order valence-corrected chi connectivity index (χ3v) is 3.58. The number of carbonyl (C=O) groups is 2. The lowest BCUT2D eigenvalue weighted by Crippen LogP contribution is -2.48. The normalized spacial score (nSPS) is 19.5. The molecule has 1 aliphatic heterocycles. The Labute approximate surface area is 113 Å². The molecule has 1 saturated heterocycles. The molecule has 19 heavy (non-hydrogen) atoms. The summed E-state index contributed by atoms with van der Waals surface area (Å²) in [6.45, 7) is 5.33. The van der Waals surface area contributed by atoms with Gasteiger partial charge in [0, 0.05) is 25.3 Å². The number of ether oxygens (including phenoxy) is 1. The van der Waals surface area contributed by atoms with Gasteiger partial charge in [-0.3, -0.25) is 4.79 Å². The molecule has 0 bridgehead atoms. The first-order valence-electron chi connectivity index (χ1n) is 6.89. The predicted octanol–water partition coefficient (Wildman–Crippen LogP) is 1.35. The van der Waals surface area contributed by atoms with Crippen molar-refractivity contribution in [1.29, 1.82) is 0 Å². The predicted molar refractivity (Wildman–Crippen MR) is 71.0 cm³/mol. The summed E-state index contributed by atoms with van der Waals surface area (Å²) >= 11 is 0. The fraction of sp³-hybridized carbons (Fsp3) is 0.846. The monoisotopic (exact) mass is 272 g/mol. The number of carboxylic acids is 1. The van der Waals surface area contributed by atoms with Crippen LogP contribution in [0.4, 0.5) is 4.79 Å². The van der Waals surface area contributed by atoms with Crippen LogP contribution in [0.5, 0.6) is 0 Å². The van der Waals surface area contributed by atoms with Gasteiger partial charge in [-0.2, -0.15) is 0 Å². The Morgan fingerprint density at radius 2 is 1.95 bits per heavy atom. The van der Waals surface area contributed by atoms with E-state index in [2.05, 4.69) is 10.6 Å². The molecule has 0 aliphatic carbocycles. The molecule has 1 heterocycles. The number of rotatable bonds is 6. The molecule has 3 N–H and O–H groups in total. The zero-order chi connectivity index (χ0) is 14.3. The molecule has 1 rings (SSSR count). The Morgan fingerprint density at radius 3 is 2.47 bits per heavy atom. The van der Waals surface area contributed by atoms with Crippen molar-refractivity contribution in [2.24, 2.45) is 5.92 Å². The molecule has 1 aliphatic rings. The Balaban J connectivity index is 2.34. The number of carbonyl (C=O) groups excluding carboxylic acids is 1. The number of hydrogen-bond donors (Lipinski definition) is 3. The maximum absolute atomic E-state index is 11.8. The number of amides is 2.